The Bertz CT molecular complexity index is 474. The van der Waals surface area contributed by atoms with Crippen molar-refractivity contribution in [2.75, 3.05) is 13.1 Å². The average molecular weight is 429 g/mol. The molecule has 0 aromatic heterocycles. The number of guanidine groups is 1. The Morgan fingerprint density at radius 3 is 2.03 bits per heavy atom. The molecule has 8 heteroatoms. The number of aliphatic carboxylic acids is 1. The number of nitrogens with two attached hydrogens (primary N) is 1. The predicted molar refractivity (Wildman–Crippen MR) is 120 cm³/mol. The molecule has 0 spiro atoms. The molecule has 0 rings (SSSR count). The van der Waals surface area contributed by atoms with E-state index in [1.807, 2.05) is 0 Å². The topological polar surface area (TPSA) is 149 Å². The molecule has 0 aliphatic carbocycles. The van der Waals surface area contributed by atoms with Gasteiger partial charge in [-0.05, 0) is 31.6 Å². The van der Waals surface area contributed by atoms with Gasteiger partial charge in [-0.15, -0.1) is 0 Å². The summed E-state index contributed by atoms with van der Waals surface area (Å²) in [6.45, 7) is 3.56. The van der Waals surface area contributed by atoms with E-state index in [2.05, 4.69) is 17.6 Å². The zero-order valence-electron chi connectivity index (χ0n) is 18.8. The van der Waals surface area contributed by atoms with Crippen molar-refractivity contribution in [2.24, 2.45) is 11.7 Å². The fraction of sp³-hybridized carbons (Fsp3) is 0.864. The first-order valence-electron chi connectivity index (χ1n) is 11.6. The van der Waals surface area contributed by atoms with Gasteiger partial charge in [0.2, 0.25) is 5.91 Å². The predicted octanol–water partition coefficient (Wildman–Crippen LogP) is 3.13. The molecular formula is C22H44N4O4. The van der Waals surface area contributed by atoms with E-state index in [0.717, 1.165) is 70.6 Å². The van der Waals surface area contributed by atoms with Gasteiger partial charge in [0.1, 0.15) is 0 Å². The Kier molecular flexibility index (Phi) is 18.0. The van der Waals surface area contributed by atoms with Crippen molar-refractivity contribution < 1.29 is 19.8 Å². The van der Waals surface area contributed by atoms with E-state index < -0.39 is 12.1 Å². The highest BCUT2D eigenvalue weighted by Crippen LogP contribution is 2.23. The summed E-state index contributed by atoms with van der Waals surface area (Å²) in [4.78, 5) is 22.9. The molecule has 0 aromatic carbocycles. The number of hydrogen-bond donors (Lipinski definition) is 6. The number of nitrogens with one attached hydrogen (secondary N) is 3. The number of carbonyl (C=O) groups is 2. The number of rotatable bonds is 20. The van der Waals surface area contributed by atoms with Gasteiger partial charge in [-0.3, -0.25) is 10.2 Å². The summed E-state index contributed by atoms with van der Waals surface area (Å²) in [5.41, 5.74) is 5.21. The minimum atomic E-state index is -1.29. The normalized spacial score (nSPS) is 12.9. The summed E-state index contributed by atoms with van der Waals surface area (Å²) >= 11 is 0. The molecule has 2 atom stereocenters. The van der Waals surface area contributed by atoms with E-state index in [1.165, 1.54) is 6.42 Å². The van der Waals surface area contributed by atoms with Crippen LogP contribution in [0.4, 0.5) is 0 Å². The third kappa shape index (κ3) is 18.2. The van der Waals surface area contributed by atoms with Crippen molar-refractivity contribution in [3.63, 3.8) is 0 Å². The Morgan fingerprint density at radius 2 is 1.47 bits per heavy atom. The molecule has 0 fully saturated rings. The smallest absolute Gasteiger partial charge is 0.332 e. The lowest BCUT2D eigenvalue weighted by Crippen LogP contribution is -2.30. The number of carboxylic acids is 1. The van der Waals surface area contributed by atoms with Crippen molar-refractivity contribution in [1.82, 2.24) is 10.6 Å². The number of carboxylic acid groups (broad SMARTS) is 1. The molecule has 0 aromatic rings. The third-order valence-corrected chi connectivity index (χ3v) is 5.31. The first-order chi connectivity index (χ1) is 14.4. The van der Waals surface area contributed by atoms with Gasteiger partial charge in [0.25, 0.3) is 0 Å². The standard InChI is InChI=1S/C22H44N4O4/c1-2-3-4-7-12-18(17-19(27)21(29)30)13-8-9-14-20(28)25-15-10-5-6-11-16-26-22(23)24/h18-19,27H,2-17H2,1H3,(H,25,28)(H,29,30)(H4,23,24,26). The van der Waals surface area contributed by atoms with Crippen LogP contribution in [0.1, 0.15) is 96.8 Å². The minimum absolute atomic E-state index is 0.00291. The lowest BCUT2D eigenvalue weighted by Gasteiger charge is -2.18. The number of aliphatic hydroxyl groups is 1. The van der Waals surface area contributed by atoms with Gasteiger partial charge in [-0.2, -0.15) is 0 Å². The number of amides is 1. The van der Waals surface area contributed by atoms with Crippen molar-refractivity contribution in [3.8, 4) is 0 Å². The molecular weight excluding hydrogens is 384 g/mol. The van der Waals surface area contributed by atoms with Gasteiger partial charge in [0.05, 0.1) is 0 Å². The maximum Gasteiger partial charge on any atom is 0.332 e. The second-order valence-electron chi connectivity index (χ2n) is 8.16. The molecule has 7 N–H and O–H groups in total. The van der Waals surface area contributed by atoms with E-state index in [1.54, 1.807) is 0 Å². The minimum Gasteiger partial charge on any atom is -0.479 e. The average Bonchev–Trinajstić information content (AvgIpc) is 2.69. The van der Waals surface area contributed by atoms with Crippen LogP contribution in [-0.2, 0) is 9.59 Å². The quantitative estimate of drug-likeness (QED) is 0.0996. The Hall–Kier alpha value is -1.83. The Labute approximate surface area is 181 Å². The zero-order valence-corrected chi connectivity index (χ0v) is 18.8. The summed E-state index contributed by atoms with van der Waals surface area (Å²) in [6.07, 6.45) is 11.5. The number of hydrogen-bond acceptors (Lipinski definition) is 4. The van der Waals surface area contributed by atoms with Crippen molar-refractivity contribution in [3.05, 3.63) is 0 Å². The van der Waals surface area contributed by atoms with Gasteiger partial charge in [0, 0.05) is 19.5 Å². The van der Waals surface area contributed by atoms with Crippen LogP contribution < -0.4 is 16.4 Å². The molecule has 0 radical (unpaired) electrons. The van der Waals surface area contributed by atoms with Crippen LogP contribution in [0.2, 0.25) is 0 Å². The Morgan fingerprint density at radius 1 is 0.900 bits per heavy atom. The van der Waals surface area contributed by atoms with E-state index in [9.17, 15) is 14.7 Å². The Balaban J connectivity index is 3.83. The molecule has 2 unspecified atom stereocenters. The molecule has 0 aliphatic rings. The molecule has 0 saturated heterocycles. The van der Waals surface area contributed by atoms with Gasteiger partial charge in [0.15, 0.2) is 12.1 Å². The maximum atomic E-state index is 11.9. The third-order valence-electron chi connectivity index (χ3n) is 5.31. The van der Waals surface area contributed by atoms with Crippen molar-refractivity contribution in [2.45, 2.75) is 103 Å². The molecule has 176 valence electrons. The van der Waals surface area contributed by atoms with Crippen LogP contribution >= 0.6 is 0 Å². The highest BCUT2D eigenvalue weighted by molar-refractivity contribution is 5.75. The first-order valence-corrected chi connectivity index (χ1v) is 11.6. The maximum absolute atomic E-state index is 11.9. The fourth-order valence-electron chi connectivity index (χ4n) is 3.52. The van der Waals surface area contributed by atoms with Crippen molar-refractivity contribution >= 4 is 17.8 Å². The van der Waals surface area contributed by atoms with Crippen LogP contribution in [0.3, 0.4) is 0 Å². The van der Waals surface area contributed by atoms with E-state index in [4.69, 9.17) is 16.2 Å². The lowest BCUT2D eigenvalue weighted by molar-refractivity contribution is -0.147. The molecule has 1 amide bonds. The summed E-state index contributed by atoms with van der Waals surface area (Å²) in [5, 5.41) is 31.4. The molecule has 0 saturated carbocycles. The van der Waals surface area contributed by atoms with Gasteiger partial charge in [-0.25, -0.2) is 4.79 Å². The first kappa shape index (κ1) is 28.2. The fourth-order valence-corrected chi connectivity index (χ4v) is 3.52. The van der Waals surface area contributed by atoms with Gasteiger partial charge >= 0.3 is 5.97 Å². The SMILES string of the molecule is CCCCCCC(CCCCC(=O)NCCCCCCNC(=N)N)CC(O)C(=O)O. The molecule has 0 bridgehead atoms. The van der Waals surface area contributed by atoms with Crippen LogP contribution in [0.5, 0.6) is 0 Å². The summed E-state index contributed by atoms with van der Waals surface area (Å²) < 4.78 is 0. The molecule has 30 heavy (non-hydrogen) atoms. The summed E-state index contributed by atoms with van der Waals surface area (Å²) in [5.74, 6) is -0.877. The highest BCUT2D eigenvalue weighted by Gasteiger charge is 2.19. The molecule has 0 aliphatic heterocycles. The number of unbranched alkanes of at least 4 members (excludes halogenated alkanes) is 7. The largest absolute Gasteiger partial charge is 0.479 e. The second-order valence-corrected chi connectivity index (χ2v) is 8.16. The second kappa shape index (κ2) is 19.2. The number of aliphatic hydroxyl groups excluding tert-OH is 1. The van der Waals surface area contributed by atoms with E-state index in [0.29, 0.717) is 25.9 Å². The van der Waals surface area contributed by atoms with E-state index >= 15 is 0 Å². The molecule has 8 nitrogen and oxygen atoms in total. The van der Waals surface area contributed by atoms with E-state index in [-0.39, 0.29) is 17.8 Å². The zero-order chi connectivity index (χ0) is 22.6. The van der Waals surface area contributed by atoms with Crippen LogP contribution in [0.15, 0.2) is 0 Å². The van der Waals surface area contributed by atoms with Crippen LogP contribution in [0.25, 0.3) is 0 Å². The summed E-state index contributed by atoms with van der Waals surface area (Å²) in [7, 11) is 0. The van der Waals surface area contributed by atoms with Crippen molar-refractivity contribution in [1.29, 1.82) is 5.41 Å². The molecule has 0 heterocycles. The highest BCUT2D eigenvalue weighted by atomic mass is 16.4. The lowest BCUT2D eigenvalue weighted by atomic mass is 9.90. The van der Waals surface area contributed by atoms with Crippen LogP contribution in [-0.4, -0.2) is 47.2 Å². The monoisotopic (exact) mass is 428 g/mol. The van der Waals surface area contributed by atoms with Crippen LogP contribution in [0, 0.1) is 11.3 Å². The van der Waals surface area contributed by atoms with Gasteiger partial charge in [-0.1, -0.05) is 64.7 Å². The number of carbonyl (C=O) groups excluding carboxylic acids is 1. The van der Waals surface area contributed by atoms with Gasteiger partial charge < -0.3 is 26.6 Å². The summed E-state index contributed by atoms with van der Waals surface area (Å²) in [6, 6.07) is 0.